The van der Waals surface area contributed by atoms with Crippen molar-refractivity contribution in [3.05, 3.63) is 48.0 Å². The smallest absolute Gasteiger partial charge is 0.159 e. The molecule has 1 heterocycles. The van der Waals surface area contributed by atoms with Gasteiger partial charge in [-0.3, -0.25) is 0 Å². The summed E-state index contributed by atoms with van der Waals surface area (Å²) >= 11 is 0. The molecule has 1 fully saturated rings. The van der Waals surface area contributed by atoms with E-state index in [0.29, 0.717) is 23.0 Å². The van der Waals surface area contributed by atoms with E-state index in [1.54, 1.807) is 18.2 Å². The van der Waals surface area contributed by atoms with Crippen molar-refractivity contribution in [1.29, 1.82) is 0 Å². The third kappa shape index (κ3) is 3.85. The summed E-state index contributed by atoms with van der Waals surface area (Å²) < 4.78 is 37.0. The maximum atomic E-state index is 12.9. The van der Waals surface area contributed by atoms with Crippen molar-refractivity contribution in [3.63, 3.8) is 0 Å². The third-order valence-corrected chi connectivity index (χ3v) is 5.08. The SMILES string of the molecule is O=S(=O)(Cc1ccnc(-c2ccc(F)cc2)n1)CC1CC1. The van der Waals surface area contributed by atoms with Gasteiger partial charge in [0.15, 0.2) is 15.7 Å². The van der Waals surface area contributed by atoms with Crippen LogP contribution in [-0.4, -0.2) is 24.1 Å². The largest absolute Gasteiger partial charge is 0.237 e. The van der Waals surface area contributed by atoms with Crippen LogP contribution in [0.1, 0.15) is 18.5 Å². The number of halogens is 1. The molecule has 0 unspecified atom stereocenters. The molecule has 0 aliphatic heterocycles. The molecule has 3 rings (SSSR count). The molecule has 0 spiro atoms. The maximum Gasteiger partial charge on any atom is 0.159 e. The van der Waals surface area contributed by atoms with Gasteiger partial charge in [0.1, 0.15) is 5.82 Å². The summed E-state index contributed by atoms with van der Waals surface area (Å²) in [6.07, 6.45) is 3.54. The van der Waals surface area contributed by atoms with Crippen LogP contribution < -0.4 is 0 Å². The Bertz CT molecular complexity index is 741. The first-order valence-corrected chi connectivity index (χ1v) is 8.62. The summed E-state index contributed by atoms with van der Waals surface area (Å²) in [4.78, 5) is 8.39. The second kappa shape index (κ2) is 5.52. The molecule has 0 saturated heterocycles. The number of rotatable bonds is 5. The number of aromatic nitrogens is 2. The molecule has 1 aromatic carbocycles. The van der Waals surface area contributed by atoms with Gasteiger partial charge in [0.2, 0.25) is 0 Å². The van der Waals surface area contributed by atoms with E-state index >= 15 is 0 Å². The van der Waals surface area contributed by atoms with Gasteiger partial charge < -0.3 is 0 Å². The van der Waals surface area contributed by atoms with E-state index in [4.69, 9.17) is 0 Å². The van der Waals surface area contributed by atoms with Gasteiger partial charge in [-0.15, -0.1) is 0 Å². The molecule has 21 heavy (non-hydrogen) atoms. The first kappa shape index (κ1) is 14.1. The van der Waals surface area contributed by atoms with E-state index in [1.807, 2.05) is 0 Å². The van der Waals surface area contributed by atoms with E-state index in [9.17, 15) is 12.8 Å². The van der Waals surface area contributed by atoms with Gasteiger partial charge in [0.05, 0.1) is 17.2 Å². The minimum Gasteiger partial charge on any atom is -0.237 e. The van der Waals surface area contributed by atoms with Gasteiger partial charge in [0.25, 0.3) is 0 Å². The number of hydrogen-bond donors (Lipinski definition) is 0. The van der Waals surface area contributed by atoms with Crippen LogP contribution in [0.4, 0.5) is 4.39 Å². The van der Waals surface area contributed by atoms with Gasteiger partial charge in [-0.1, -0.05) is 0 Å². The fraction of sp³-hybridized carbons (Fsp3) is 0.333. The second-order valence-corrected chi connectivity index (χ2v) is 7.49. The molecular formula is C15H15FN2O2S. The van der Waals surface area contributed by atoms with Crippen molar-refractivity contribution in [2.45, 2.75) is 18.6 Å². The molecule has 0 N–H and O–H groups in total. The van der Waals surface area contributed by atoms with Crippen molar-refractivity contribution < 1.29 is 12.8 Å². The van der Waals surface area contributed by atoms with E-state index in [2.05, 4.69) is 9.97 Å². The first-order chi connectivity index (χ1) is 10.0. The molecular weight excluding hydrogens is 291 g/mol. The molecule has 2 aromatic rings. The van der Waals surface area contributed by atoms with Crippen LogP contribution in [0.15, 0.2) is 36.5 Å². The fourth-order valence-corrected chi connectivity index (χ4v) is 3.92. The molecule has 110 valence electrons. The Kier molecular flexibility index (Phi) is 3.71. The van der Waals surface area contributed by atoms with Crippen molar-refractivity contribution in [3.8, 4) is 11.4 Å². The Labute approximate surface area is 123 Å². The molecule has 0 bridgehead atoms. The minimum atomic E-state index is -3.13. The molecule has 1 aliphatic rings. The highest BCUT2D eigenvalue weighted by atomic mass is 32.2. The van der Waals surface area contributed by atoms with Crippen LogP contribution in [0.3, 0.4) is 0 Å². The average molecular weight is 306 g/mol. The van der Waals surface area contributed by atoms with Crippen LogP contribution in [0.2, 0.25) is 0 Å². The van der Waals surface area contributed by atoms with Crippen LogP contribution in [0.25, 0.3) is 11.4 Å². The molecule has 6 heteroatoms. The van der Waals surface area contributed by atoms with Crippen LogP contribution in [0, 0.1) is 11.7 Å². The lowest BCUT2D eigenvalue weighted by Crippen LogP contribution is -2.12. The quantitative estimate of drug-likeness (QED) is 0.852. The fourth-order valence-electron chi connectivity index (χ4n) is 2.14. The molecule has 1 aliphatic carbocycles. The second-order valence-electron chi connectivity index (χ2n) is 5.38. The highest BCUT2D eigenvalue weighted by molar-refractivity contribution is 7.90. The van der Waals surface area contributed by atoms with E-state index in [0.717, 1.165) is 12.8 Å². The van der Waals surface area contributed by atoms with Crippen molar-refractivity contribution >= 4 is 9.84 Å². The molecule has 1 saturated carbocycles. The lowest BCUT2D eigenvalue weighted by molar-refractivity contribution is 0.591. The van der Waals surface area contributed by atoms with Crippen molar-refractivity contribution in [1.82, 2.24) is 9.97 Å². The summed E-state index contributed by atoms with van der Waals surface area (Å²) in [5.41, 5.74) is 1.14. The summed E-state index contributed by atoms with van der Waals surface area (Å²) in [6, 6.07) is 7.42. The van der Waals surface area contributed by atoms with Crippen molar-refractivity contribution in [2.24, 2.45) is 5.92 Å². The first-order valence-electron chi connectivity index (χ1n) is 6.80. The van der Waals surface area contributed by atoms with Gasteiger partial charge in [0, 0.05) is 11.8 Å². The summed E-state index contributed by atoms with van der Waals surface area (Å²) in [6.45, 7) is 0. The molecule has 0 radical (unpaired) electrons. The number of sulfone groups is 1. The predicted molar refractivity (Wildman–Crippen MR) is 77.6 cm³/mol. The van der Waals surface area contributed by atoms with Gasteiger partial charge in [-0.25, -0.2) is 22.8 Å². The molecule has 4 nitrogen and oxygen atoms in total. The average Bonchev–Trinajstić information content (AvgIpc) is 3.22. The van der Waals surface area contributed by atoms with Gasteiger partial charge in [-0.2, -0.15) is 0 Å². The Hall–Kier alpha value is -1.82. The zero-order valence-electron chi connectivity index (χ0n) is 11.4. The van der Waals surface area contributed by atoms with Gasteiger partial charge >= 0.3 is 0 Å². The van der Waals surface area contributed by atoms with E-state index < -0.39 is 9.84 Å². The van der Waals surface area contributed by atoms with Crippen LogP contribution in [0.5, 0.6) is 0 Å². The normalized spacial score (nSPS) is 15.1. The third-order valence-electron chi connectivity index (χ3n) is 3.37. The van der Waals surface area contributed by atoms with E-state index in [-0.39, 0.29) is 17.3 Å². The van der Waals surface area contributed by atoms with Crippen molar-refractivity contribution in [2.75, 3.05) is 5.75 Å². The zero-order chi connectivity index (χ0) is 14.9. The van der Waals surface area contributed by atoms with Crippen LogP contribution in [-0.2, 0) is 15.6 Å². The lowest BCUT2D eigenvalue weighted by atomic mass is 10.2. The number of benzene rings is 1. The topological polar surface area (TPSA) is 59.9 Å². The minimum absolute atomic E-state index is 0.0692. The number of hydrogen-bond acceptors (Lipinski definition) is 4. The standard InChI is InChI=1S/C15H15FN2O2S/c16-13-5-3-12(4-6-13)15-17-8-7-14(18-15)10-21(19,20)9-11-1-2-11/h3-8,11H,1-2,9-10H2. The summed E-state index contributed by atoms with van der Waals surface area (Å²) in [7, 11) is -3.13. The Morgan fingerprint density at radius 3 is 2.52 bits per heavy atom. The van der Waals surface area contributed by atoms with E-state index in [1.165, 1.54) is 18.3 Å². The Morgan fingerprint density at radius 2 is 1.86 bits per heavy atom. The highest BCUT2D eigenvalue weighted by Gasteiger charge is 2.28. The lowest BCUT2D eigenvalue weighted by Gasteiger charge is -2.05. The molecule has 0 atom stereocenters. The highest BCUT2D eigenvalue weighted by Crippen LogP contribution is 2.31. The maximum absolute atomic E-state index is 12.9. The Balaban J connectivity index is 1.81. The Morgan fingerprint density at radius 1 is 1.14 bits per heavy atom. The predicted octanol–water partition coefficient (Wildman–Crippen LogP) is 2.61. The van der Waals surface area contributed by atoms with Gasteiger partial charge in [-0.05, 0) is 49.1 Å². The molecule has 1 aromatic heterocycles. The monoisotopic (exact) mass is 306 g/mol. The molecule has 0 amide bonds. The summed E-state index contributed by atoms with van der Waals surface area (Å²) in [5, 5.41) is 0. The summed E-state index contributed by atoms with van der Waals surface area (Å²) in [5.74, 6) is 0.577. The number of nitrogens with zero attached hydrogens (tertiary/aromatic N) is 2. The van der Waals surface area contributed by atoms with Crippen LogP contribution >= 0.6 is 0 Å². The zero-order valence-corrected chi connectivity index (χ0v) is 12.2.